The van der Waals surface area contributed by atoms with E-state index in [0.29, 0.717) is 33.0 Å². The summed E-state index contributed by atoms with van der Waals surface area (Å²) in [5.74, 6) is 1.50. The van der Waals surface area contributed by atoms with Crippen LogP contribution in [0.2, 0.25) is 0 Å². The molecule has 4 rings (SSSR count). The van der Waals surface area contributed by atoms with Gasteiger partial charge in [-0.15, -0.1) is 22.0 Å². The molecule has 0 saturated carbocycles. The Labute approximate surface area is 185 Å². The molecule has 0 fully saturated rings. The van der Waals surface area contributed by atoms with E-state index in [1.165, 1.54) is 28.7 Å². The van der Waals surface area contributed by atoms with Crippen LogP contribution < -0.4 is 5.32 Å². The van der Waals surface area contributed by atoms with Gasteiger partial charge in [-0.25, -0.2) is 9.97 Å². The first-order valence-electron chi connectivity index (χ1n) is 8.92. The number of benzene rings is 1. The Bertz CT molecular complexity index is 1150. The first-order valence-corrected chi connectivity index (χ1v) is 11.9. The molecule has 1 aromatic carbocycles. The van der Waals surface area contributed by atoms with Crippen LogP contribution in [0.15, 0.2) is 62.5 Å². The Kier molecular flexibility index (Phi) is 6.46. The Morgan fingerprint density at radius 3 is 2.70 bits per heavy atom. The van der Waals surface area contributed by atoms with Crippen molar-refractivity contribution in [1.82, 2.24) is 20.2 Å². The first kappa shape index (κ1) is 20.6. The minimum absolute atomic E-state index is 0.307. The number of thioether (sulfide) groups is 2. The summed E-state index contributed by atoms with van der Waals surface area (Å²) in [5, 5.41) is 12.1. The van der Waals surface area contributed by atoms with Gasteiger partial charge >= 0.3 is 0 Å². The van der Waals surface area contributed by atoms with Crippen molar-refractivity contribution in [3.8, 4) is 11.6 Å². The van der Waals surface area contributed by atoms with E-state index in [0.717, 1.165) is 10.1 Å². The second-order valence-electron chi connectivity index (χ2n) is 6.10. The van der Waals surface area contributed by atoms with Gasteiger partial charge < -0.3 is 4.42 Å². The van der Waals surface area contributed by atoms with Crippen molar-refractivity contribution < 1.29 is 9.21 Å². The van der Waals surface area contributed by atoms with Gasteiger partial charge in [0.2, 0.25) is 5.13 Å². The van der Waals surface area contributed by atoms with Gasteiger partial charge in [-0.3, -0.25) is 10.1 Å². The van der Waals surface area contributed by atoms with Gasteiger partial charge in [0.15, 0.2) is 15.9 Å². The molecule has 152 valence electrons. The topological polar surface area (TPSA) is 93.8 Å². The molecule has 10 heteroatoms. The average Bonchev–Trinajstić information content (AvgIpc) is 3.44. The summed E-state index contributed by atoms with van der Waals surface area (Å²) < 4.78 is 6.17. The molecule has 3 aromatic heterocycles. The minimum Gasteiger partial charge on any atom is -0.461 e. The zero-order chi connectivity index (χ0) is 20.9. The molecule has 0 aliphatic heterocycles. The fourth-order valence-corrected chi connectivity index (χ4v) is 4.99. The average molecular weight is 456 g/mol. The van der Waals surface area contributed by atoms with E-state index >= 15 is 0 Å². The van der Waals surface area contributed by atoms with Crippen molar-refractivity contribution in [3.63, 3.8) is 0 Å². The molecule has 3 heterocycles. The highest BCUT2D eigenvalue weighted by molar-refractivity contribution is 8.00. The van der Waals surface area contributed by atoms with Gasteiger partial charge in [0.25, 0.3) is 5.91 Å². The predicted molar refractivity (Wildman–Crippen MR) is 120 cm³/mol. The van der Waals surface area contributed by atoms with Crippen molar-refractivity contribution in [2.24, 2.45) is 0 Å². The highest BCUT2D eigenvalue weighted by Gasteiger charge is 2.21. The summed E-state index contributed by atoms with van der Waals surface area (Å²) in [7, 11) is 0. The normalized spacial score (nSPS) is 10.9. The van der Waals surface area contributed by atoms with E-state index in [-0.39, 0.29) is 5.91 Å². The van der Waals surface area contributed by atoms with E-state index in [1.807, 2.05) is 24.5 Å². The van der Waals surface area contributed by atoms with Crippen molar-refractivity contribution in [3.05, 3.63) is 65.5 Å². The van der Waals surface area contributed by atoms with E-state index in [9.17, 15) is 4.79 Å². The Hall–Kier alpha value is -2.69. The smallest absolute Gasteiger partial charge is 0.262 e. The van der Waals surface area contributed by atoms with Gasteiger partial charge in [-0.05, 0) is 30.9 Å². The van der Waals surface area contributed by atoms with Gasteiger partial charge in [0.1, 0.15) is 5.03 Å². The van der Waals surface area contributed by atoms with Crippen LogP contribution in [0.25, 0.3) is 11.6 Å². The molecule has 4 aromatic rings. The molecule has 30 heavy (non-hydrogen) atoms. The van der Waals surface area contributed by atoms with Crippen LogP contribution in [0, 0.1) is 6.92 Å². The quantitative estimate of drug-likeness (QED) is 0.232. The summed E-state index contributed by atoms with van der Waals surface area (Å²) in [6, 6.07) is 13.7. The highest BCUT2D eigenvalue weighted by Crippen LogP contribution is 2.30. The Balaban J connectivity index is 1.48. The molecule has 0 saturated heterocycles. The van der Waals surface area contributed by atoms with Gasteiger partial charge in [-0.2, -0.15) is 0 Å². The van der Waals surface area contributed by atoms with E-state index in [4.69, 9.17) is 4.42 Å². The summed E-state index contributed by atoms with van der Waals surface area (Å²) in [4.78, 5) is 21.8. The number of rotatable bonds is 7. The monoisotopic (exact) mass is 455 g/mol. The fraction of sp³-hybridized carbons (Fsp3) is 0.150. The summed E-state index contributed by atoms with van der Waals surface area (Å²) >= 11 is 4.31. The molecule has 0 aliphatic carbocycles. The van der Waals surface area contributed by atoms with Crippen LogP contribution in [0.1, 0.15) is 21.6 Å². The molecule has 1 amide bonds. The number of carbonyl (C=O) groups excluding carboxylic acids is 1. The standard InChI is InChI=1S/C20H17N5O2S3/c1-12-15(18(28-2)22-16(21-12)14-9-6-10-27-14)17(26)23-19-24-25-20(30-19)29-11-13-7-4-3-5-8-13/h3-10H,11H2,1-2H3,(H,23,24,26). The molecule has 1 N–H and O–H groups in total. The first-order chi connectivity index (χ1) is 14.6. The Morgan fingerprint density at radius 1 is 1.13 bits per heavy atom. The van der Waals surface area contributed by atoms with Gasteiger partial charge in [-0.1, -0.05) is 53.4 Å². The Morgan fingerprint density at radius 2 is 1.97 bits per heavy atom. The number of hydrogen-bond donors (Lipinski definition) is 1. The number of nitrogens with one attached hydrogen (secondary N) is 1. The third-order valence-electron chi connectivity index (χ3n) is 4.05. The molecule has 0 unspecified atom stereocenters. The molecule has 0 aliphatic rings. The lowest BCUT2D eigenvalue weighted by Crippen LogP contribution is -2.16. The van der Waals surface area contributed by atoms with Gasteiger partial charge in [0, 0.05) is 5.75 Å². The molecule has 0 spiro atoms. The predicted octanol–water partition coefficient (Wildman–Crippen LogP) is 5.16. The summed E-state index contributed by atoms with van der Waals surface area (Å²) in [5.41, 5.74) is 2.20. The third kappa shape index (κ3) is 4.72. The van der Waals surface area contributed by atoms with Crippen LogP contribution in [0.3, 0.4) is 0 Å². The third-order valence-corrected chi connectivity index (χ3v) is 6.78. The van der Waals surface area contributed by atoms with Crippen LogP contribution in [-0.2, 0) is 5.75 Å². The van der Waals surface area contributed by atoms with E-state index < -0.39 is 0 Å². The number of aryl methyl sites for hydroxylation is 1. The zero-order valence-electron chi connectivity index (χ0n) is 16.2. The number of nitrogens with zero attached hydrogens (tertiary/aromatic N) is 4. The second kappa shape index (κ2) is 9.41. The summed E-state index contributed by atoms with van der Waals surface area (Å²) in [6.45, 7) is 1.78. The lowest BCUT2D eigenvalue weighted by Gasteiger charge is -2.10. The molecule has 0 radical (unpaired) electrons. The molecule has 0 bridgehead atoms. The lowest BCUT2D eigenvalue weighted by molar-refractivity contribution is 0.102. The number of hydrogen-bond acceptors (Lipinski definition) is 9. The fourth-order valence-electron chi connectivity index (χ4n) is 2.67. The highest BCUT2D eigenvalue weighted by atomic mass is 32.2. The van der Waals surface area contributed by atoms with Crippen LogP contribution in [0.5, 0.6) is 0 Å². The maximum Gasteiger partial charge on any atom is 0.262 e. The lowest BCUT2D eigenvalue weighted by atomic mass is 10.2. The molecular formula is C20H17N5O2S3. The number of anilines is 1. The maximum atomic E-state index is 12.9. The molecular weight excluding hydrogens is 438 g/mol. The minimum atomic E-state index is -0.307. The van der Waals surface area contributed by atoms with Crippen molar-refractivity contribution in [1.29, 1.82) is 0 Å². The number of amides is 1. The number of aromatic nitrogens is 4. The van der Waals surface area contributed by atoms with Crippen LogP contribution in [-0.4, -0.2) is 32.3 Å². The van der Waals surface area contributed by atoms with Crippen LogP contribution >= 0.6 is 34.9 Å². The number of furan rings is 1. The van der Waals surface area contributed by atoms with Crippen molar-refractivity contribution >= 4 is 45.9 Å². The van der Waals surface area contributed by atoms with Crippen LogP contribution in [0.4, 0.5) is 5.13 Å². The van der Waals surface area contributed by atoms with Crippen molar-refractivity contribution in [2.75, 3.05) is 11.6 Å². The van der Waals surface area contributed by atoms with Gasteiger partial charge in [0.05, 0.1) is 17.5 Å². The van der Waals surface area contributed by atoms with Crippen molar-refractivity contribution in [2.45, 2.75) is 22.0 Å². The molecule has 7 nitrogen and oxygen atoms in total. The number of carbonyl (C=O) groups is 1. The SMILES string of the molecule is CSc1nc(-c2ccco2)nc(C)c1C(=O)Nc1nnc(SCc2ccccc2)s1. The zero-order valence-corrected chi connectivity index (χ0v) is 18.6. The molecule has 0 atom stereocenters. The summed E-state index contributed by atoms with van der Waals surface area (Å²) in [6.07, 6.45) is 3.43. The second-order valence-corrected chi connectivity index (χ2v) is 9.09. The maximum absolute atomic E-state index is 12.9. The van der Waals surface area contributed by atoms with E-state index in [1.54, 1.807) is 37.1 Å². The van der Waals surface area contributed by atoms with E-state index in [2.05, 4.69) is 37.6 Å². The largest absolute Gasteiger partial charge is 0.461 e.